The van der Waals surface area contributed by atoms with Crippen molar-refractivity contribution in [1.29, 1.82) is 0 Å². The molecule has 29 heavy (non-hydrogen) atoms. The largest absolute Gasteiger partial charge is 0.497 e. The zero-order valence-electron chi connectivity index (χ0n) is 15.8. The summed E-state index contributed by atoms with van der Waals surface area (Å²) in [6.45, 7) is 0.674. The van der Waals surface area contributed by atoms with Crippen molar-refractivity contribution in [3.05, 3.63) is 83.2 Å². The molecule has 0 saturated carbocycles. The third-order valence-corrected chi connectivity index (χ3v) is 4.55. The van der Waals surface area contributed by atoms with Crippen LogP contribution < -0.4 is 15.6 Å². The Kier molecular flexibility index (Phi) is 5.07. The van der Waals surface area contributed by atoms with E-state index >= 15 is 0 Å². The number of hydrogen-bond acceptors (Lipinski definition) is 5. The van der Waals surface area contributed by atoms with Gasteiger partial charge in [0.25, 0.3) is 11.5 Å². The van der Waals surface area contributed by atoms with Gasteiger partial charge >= 0.3 is 0 Å². The summed E-state index contributed by atoms with van der Waals surface area (Å²) in [5.74, 6) is 0.534. The quantitative estimate of drug-likeness (QED) is 0.545. The molecule has 0 spiro atoms. The number of carbonyl (C=O) groups is 1. The number of aromatic nitrogens is 4. The summed E-state index contributed by atoms with van der Waals surface area (Å²) in [5.41, 5.74) is 2.37. The van der Waals surface area contributed by atoms with Gasteiger partial charge in [-0.25, -0.2) is 4.52 Å². The first-order valence-corrected chi connectivity index (χ1v) is 9.07. The second kappa shape index (κ2) is 7.97. The third kappa shape index (κ3) is 3.86. The molecule has 0 unspecified atom stereocenters. The van der Waals surface area contributed by atoms with Gasteiger partial charge in [0.15, 0.2) is 0 Å². The molecule has 0 fully saturated rings. The van der Waals surface area contributed by atoms with Crippen molar-refractivity contribution in [1.82, 2.24) is 24.5 Å². The van der Waals surface area contributed by atoms with Gasteiger partial charge in [-0.3, -0.25) is 14.6 Å². The Morgan fingerprint density at radius 3 is 2.72 bits per heavy atom. The minimum atomic E-state index is -0.224. The number of pyridine rings is 1. The molecule has 4 aromatic rings. The van der Waals surface area contributed by atoms with Gasteiger partial charge in [-0.05, 0) is 42.5 Å². The average molecular weight is 389 g/mol. The highest BCUT2D eigenvalue weighted by molar-refractivity contribution is 5.93. The minimum Gasteiger partial charge on any atom is -0.497 e. The number of nitrogens with one attached hydrogen (secondary N) is 1. The molecular weight excluding hydrogens is 370 g/mol. The molecule has 1 amide bonds. The van der Waals surface area contributed by atoms with E-state index < -0.39 is 0 Å². The molecule has 0 atom stereocenters. The second-order valence-corrected chi connectivity index (χ2v) is 6.38. The van der Waals surface area contributed by atoms with Crippen LogP contribution in [-0.2, 0) is 6.54 Å². The summed E-state index contributed by atoms with van der Waals surface area (Å²) in [6.07, 6.45) is 6.50. The van der Waals surface area contributed by atoms with Gasteiger partial charge in [0, 0.05) is 43.4 Å². The minimum absolute atomic E-state index is 0.171. The van der Waals surface area contributed by atoms with Gasteiger partial charge in [0.2, 0.25) is 0 Å². The van der Waals surface area contributed by atoms with Gasteiger partial charge in [0.05, 0.1) is 18.4 Å². The molecular formula is C21H19N5O3. The smallest absolute Gasteiger partial charge is 0.276 e. The van der Waals surface area contributed by atoms with E-state index in [2.05, 4.69) is 15.4 Å². The standard InChI is InChI=1S/C21H19N5O3/c1-29-17-6-4-15(5-7-17)18-13-19-21(28)25(11-12-26(19)24-18)10-9-23-20(27)16-3-2-8-22-14-16/h2-8,11-14H,9-10H2,1H3,(H,23,27). The molecule has 8 heteroatoms. The van der Waals surface area contributed by atoms with Crippen LogP contribution in [0.5, 0.6) is 5.75 Å². The molecule has 0 saturated heterocycles. The highest BCUT2D eigenvalue weighted by Crippen LogP contribution is 2.21. The number of benzene rings is 1. The van der Waals surface area contributed by atoms with Gasteiger partial charge in [0.1, 0.15) is 11.3 Å². The number of amides is 1. The highest BCUT2D eigenvalue weighted by Gasteiger charge is 2.10. The molecule has 0 aliphatic heterocycles. The van der Waals surface area contributed by atoms with Crippen LogP contribution in [0.25, 0.3) is 16.8 Å². The lowest BCUT2D eigenvalue weighted by Gasteiger charge is -2.07. The van der Waals surface area contributed by atoms with Gasteiger partial charge in [-0.15, -0.1) is 0 Å². The maximum absolute atomic E-state index is 12.8. The van der Waals surface area contributed by atoms with Crippen LogP contribution in [0.4, 0.5) is 0 Å². The first-order valence-electron chi connectivity index (χ1n) is 9.07. The van der Waals surface area contributed by atoms with E-state index in [0.29, 0.717) is 29.9 Å². The van der Waals surface area contributed by atoms with Crippen molar-refractivity contribution in [2.24, 2.45) is 0 Å². The monoisotopic (exact) mass is 389 g/mol. The van der Waals surface area contributed by atoms with Crippen molar-refractivity contribution in [2.75, 3.05) is 13.7 Å². The number of nitrogens with zero attached hydrogens (tertiary/aromatic N) is 4. The first kappa shape index (κ1) is 18.4. The Morgan fingerprint density at radius 2 is 2.00 bits per heavy atom. The van der Waals surface area contributed by atoms with Crippen molar-refractivity contribution < 1.29 is 9.53 Å². The van der Waals surface area contributed by atoms with E-state index in [9.17, 15) is 9.59 Å². The van der Waals surface area contributed by atoms with Crippen molar-refractivity contribution >= 4 is 11.4 Å². The fraction of sp³-hybridized carbons (Fsp3) is 0.143. The van der Waals surface area contributed by atoms with Gasteiger partial charge < -0.3 is 14.6 Å². The lowest BCUT2D eigenvalue weighted by atomic mass is 10.1. The number of rotatable bonds is 6. The van der Waals surface area contributed by atoms with Crippen molar-refractivity contribution in [3.8, 4) is 17.0 Å². The van der Waals surface area contributed by atoms with Crippen LogP contribution in [0, 0.1) is 0 Å². The molecule has 1 aromatic carbocycles. The molecule has 0 aliphatic rings. The summed E-state index contributed by atoms with van der Waals surface area (Å²) >= 11 is 0. The molecule has 4 rings (SSSR count). The predicted octanol–water partition coefficient (Wildman–Crippen LogP) is 2.00. The summed E-state index contributed by atoms with van der Waals surface area (Å²) in [7, 11) is 1.61. The summed E-state index contributed by atoms with van der Waals surface area (Å²) in [4.78, 5) is 28.8. The molecule has 0 radical (unpaired) electrons. The fourth-order valence-electron chi connectivity index (χ4n) is 2.99. The number of carbonyl (C=O) groups excluding carboxylic acids is 1. The third-order valence-electron chi connectivity index (χ3n) is 4.55. The van der Waals surface area contributed by atoms with Crippen LogP contribution in [0.3, 0.4) is 0 Å². The lowest BCUT2D eigenvalue weighted by Crippen LogP contribution is -2.31. The molecule has 3 aromatic heterocycles. The first-order chi connectivity index (χ1) is 14.2. The number of methoxy groups -OCH3 is 1. The van der Waals surface area contributed by atoms with Crippen LogP contribution in [0.2, 0.25) is 0 Å². The Balaban J connectivity index is 1.50. The normalized spacial score (nSPS) is 10.8. The van der Waals surface area contributed by atoms with E-state index in [0.717, 1.165) is 11.3 Å². The van der Waals surface area contributed by atoms with Crippen LogP contribution in [0.15, 0.2) is 72.0 Å². The van der Waals surface area contributed by atoms with E-state index in [1.807, 2.05) is 24.3 Å². The summed E-state index contributed by atoms with van der Waals surface area (Å²) < 4.78 is 8.29. The molecule has 0 aliphatic carbocycles. The van der Waals surface area contributed by atoms with Crippen LogP contribution >= 0.6 is 0 Å². The second-order valence-electron chi connectivity index (χ2n) is 6.38. The fourth-order valence-corrected chi connectivity index (χ4v) is 2.99. The van der Waals surface area contributed by atoms with E-state index in [4.69, 9.17) is 4.74 Å². The molecule has 3 heterocycles. The zero-order valence-corrected chi connectivity index (χ0v) is 15.8. The maximum atomic E-state index is 12.8. The average Bonchev–Trinajstić information content (AvgIpc) is 3.21. The topological polar surface area (TPSA) is 90.5 Å². The number of ether oxygens (including phenoxy) is 1. The van der Waals surface area contributed by atoms with E-state index in [-0.39, 0.29) is 11.5 Å². The van der Waals surface area contributed by atoms with Gasteiger partial charge in [-0.2, -0.15) is 5.10 Å². The van der Waals surface area contributed by atoms with E-state index in [1.54, 1.807) is 53.0 Å². The number of hydrogen-bond donors (Lipinski definition) is 1. The molecule has 0 bridgehead atoms. The predicted molar refractivity (Wildman–Crippen MR) is 108 cm³/mol. The number of fused-ring (bicyclic) bond motifs is 1. The Hall–Kier alpha value is -3.94. The Morgan fingerprint density at radius 1 is 1.17 bits per heavy atom. The van der Waals surface area contributed by atoms with Crippen LogP contribution in [-0.4, -0.2) is 38.7 Å². The van der Waals surface area contributed by atoms with Crippen molar-refractivity contribution in [3.63, 3.8) is 0 Å². The highest BCUT2D eigenvalue weighted by atomic mass is 16.5. The lowest BCUT2D eigenvalue weighted by molar-refractivity contribution is 0.0952. The summed E-state index contributed by atoms with van der Waals surface area (Å²) in [6, 6.07) is 12.6. The van der Waals surface area contributed by atoms with E-state index in [1.165, 1.54) is 6.20 Å². The maximum Gasteiger partial charge on any atom is 0.276 e. The zero-order chi connectivity index (χ0) is 20.2. The molecule has 146 valence electrons. The van der Waals surface area contributed by atoms with Crippen molar-refractivity contribution in [2.45, 2.75) is 6.54 Å². The Bertz CT molecular complexity index is 1200. The Labute approximate surface area is 166 Å². The SMILES string of the molecule is COc1ccc(-c2cc3c(=O)n(CCNC(=O)c4cccnc4)ccn3n2)cc1. The van der Waals surface area contributed by atoms with Crippen LogP contribution in [0.1, 0.15) is 10.4 Å². The summed E-state index contributed by atoms with van der Waals surface area (Å²) in [5, 5.41) is 7.27. The van der Waals surface area contributed by atoms with Gasteiger partial charge in [-0.1, -0.05) is 0 Å². The molecule has 8 nitrogen and oxygen atoms in total. The molecule has 1 N–H and O–H groups in total.